The van der Waals surface area contributed by atoms with Gasteiger partial charge in [0.05, 0.1) is 5.69 Å². The number of ether oxygens (including phenoxy) is 1. The highest BCUT2D eigenvalue weighted by Crippen LogP contribution is 2.21. The molecule has 1 aliphatic carbocycles. The summed E-state index contributed by atoms with van der Waals surface area (Å²) in [6, 6.07) is 0. The van der Waals surface area contributed by atoms with Crippen molar-refractivity contribution in [2.24, 2.45) is 7.05 Å². The molecular formula is C14H22N2O2. The van der Waals surface area contributed by atoms with E-state index in [1.54, 1.807) is 4.68 Å². The summed E-state index contributed by atoms with van der Waals surface area (Å²) in [5.74, 6) is -0.0647. The first-order valence-electron chi connectivity index (χ1n) is 6.84. The minimum Gasteiger partial charge on any atom is -0.462 e. The lowest BCUT2D eigenvalue weighted by Crippen LogP contribution is -2.21. The third-order valence-electron chi connectivity index (χ3n) is 3.56. The number of aryl methyl sites for hydroxylation is 3. The van der Waals surface area contributed by atoms with Crippen molar-refractivity contribution >= 4 is 5.97 Å². The van der Waals surface area contributed by atoms with Gasteiger partial charge in [-0.25, -0.2) is 0 Å². The number of rotatable bonds is 4. The van der Waals surface area contributed by atoms with Crippen molar-refractivity contribution in [1.29, 1.82) is 0 Å². The van der Waals surface area contributed by atoms with E-state index in [1.807, 2.05) is 20.2 Å². The summed E-state index contributed by atoms with van der Waals surface area (Å²) in [6.45, 7) is 1.97. The molecule has 0 atom stereocenters. The standard InChI is InChI=1S/C14H22N2O2/c1-11-12(10-16(2)15-11)8-9-14(17)18-13-6-4-3-5-7-13/h10,13H,3-9H2,1-2H3. The third-order valence-corrected chi connectivity index (χ3v) is 3.56. The van der Waals surface area contributed by atoms with E-state index in [-0.39, 0.29) is 12.1 Å². The number of hydrogen-bond donors (Lipinski definition) is 0. The number of carbonyl (C=O) groups is 1. The topological polar surface area (TPSA) is 44.1 Å². The number of esters is 1. The van der Waals surface area contributed by atoms with Crippen LogP contribution in [0.2, 0.25) is 0 Å². The minimum atomic E-state index is -0.0647. The molecule has 4 nitrogen and oxygen atoms in total. The Morgan fingerprint density at radius 2 is 2.17 bits per heavy atom. The molecule has 0 aliphatic heterocycles. The average Bonchev–Trinajstić information content (AvgIpc) is 2.66. The monoisotopic (exact) mass is 250 g/mol. The average molecular weight is 250 g/mol. The van der Waals surface area contributed by atoms with Gasteiger partial charge in [0.2, 0.25) is 0 Å². The van der Waals surface area contributed by atoms with Crippen LogP contribution in [0.5, 0.6) is 0 Å². The normalized spacial score (nSPS) is 16.8. The molecule has 1 aromatic heterocycles. The Balaban J connectivity index is 1.75. The molecular weight excluding hydrogens is 228 g/mol. The van der Waals surface area contributed by atoms with E-state index in [4.69, 9.17) is 4.74 Å². The van der Waals surface area contributed by atoms with Crippen LogP contribution in [0.4, 0.5) is 0 Å². The molecule has 18 heavy (non-hydrogen) atoms. The zero-order chi connectivity index (χ0) is 13.0. The van der Waals surface area contributed by atoms with E-state index < -0.39 is 0 Å². The molecule has 0 amide bonds. The quantitative estimate of drug-likeness (QED) is 0.771. The van der Waals surface area contributed by atoms with Crippen molar-refractivity contribution in [1.82, 2.24) is 9.78 Å². The molecule has 0 radical (unpaired) electrons. The molecule has 1 aromatic rings. The zero-order valence-electron chi connectivity index (χ0n) is 11.3. The highest BCUT2D eigenvalue weighted by Gasteiger charge is 2.17. The molecule has 1 saturated carbocycles. The highest BCUT2D eigenvalue weighted by atomic mass is 16.5. The summed E-state index contributed by atoms with van der Waals surface area (Å²) < 4.78 is 7.28. The molecule has 0 spiro atoms. The van der Waals surface area contributed by atoms with Crippen LogP contribution in [0.25, 0.3) is 0 Å². The van der Waals surface area contributed by atoms with Crippen molar-refractivity contribution in [2.75, 3.05) is 0 Å². The molecule has 1 aliphatic rings. The first kappa shape index (κ1) is 13.1. The summed E-state index contributed by atoms with van der Waals surface area (Å²) >= 11 is 0. The van der Waals surface area contributed by atoms with Gasteiger partial charge in [-0.3, -0.25) is 9.48 Å². The molecule has 0 saturated heterocycles. The maximum atomic E-state index is 11.8. The summed E-state index contributed by atoms with van der Waals surface area (Å²) in [6.07, 6.45) is 9.08. The Labute approximate surface area is 108 Å². The number of carbonyl (C=O) groups excluding carboxylic acids is 1. The van der Waals surface area contributed by atoms with Crippen molar-refractivity contribution in [3.8, 4) is 0 Å². The van der Waals surface area contributed by atoms with Gasteiger partial charge >= 0.3 is 5.97 Å². The SMILES string of the molecule is Cc1nn(C)cc1CCC(=O)OC1CCCCC1. The van der Waals surface area contributed by atoms with Crippen molar-refractivity contribution < 1.29 is 9.53 Å². The predicted molar refractivity (Wildman–Crippen MR) is 69.2 cm³/mol. The first-order chi connectivity index (χ1) is 8.65. The molecule has 0 unspecified atom stereocenters. The van der Waals surface area contributed by atoms with Crippen molar-refractivity contribution in [2.45, 2.75) is 58.0 Å². The van der Waals surface area contributed by atoms with Crippen LogP contribution in [0.1, 0.15) is 49.8 Å². The Kier molecular flexibility index (Phi) is 4.39. The lowest BCUT2D eigenvalue weighted by Gasteiger charge is -2.21. The number of hydrogen-bond acceptors (Lipinski definition) is 3. The second-order valence-corrected chi connectivity index (χ2v) is 5.16. The van der Waals surface area contributed by atoms with Gasteiger partial charge in [-0.1, -0.05) is 6.42 Å². The summed E-state index contributed by atoms with van der Waals surface area (Å²) in [5.41, 5.74) is 2.14. The Morgan fingerprint density at radius 3 is 2.78 bits per heavy atom. The largest absolute Gasteiger partial charge is 0.462 e. The Bertz CT molecular complexity index is 406. The van der Waals surface area contributed by atoms with Gasteiger partial charge in [-0.2, -0.15) is 5.10 Å². The smallest absolute Gasteiger partial charge is 0.306 e. The summed E-state index contributed by atoms with van der Waals surface area (Å²) in [5, 5.41) is 4.27. The van der Waals surface area contributed by atoms with Gasteiger partial charge in [-0.05, 0) is 44.6 Å². The predicted octanol–water partition coefficient (Wildman–Crippen LogP) is 2.54. The number of nitrogens with zero attached hydrogens (tertiary/aromatic N) is 2. The molecule has 0 N–H and O–H groups in total. The summed E-state index contributed by atoms with van der Waals surface area (Å²) in [7, 11) is 1.90. The van der Waals surface area contributed by atoms with E-state index in [1.165, 1.54) is 19.3 Å². The van der Waals surface area contributed by atoms with E-state index in [0.29, 0.717) is 6.42 Å². The molecule has 2 rings (SSSR count). The highest BCUT2D eigenvalue weighted by molar-refractivity contribution is 5.70. The van der Waals surface area contributed by atoms with Crippen LogP contribution >= 0.6 is 0 Å². The molecule has 100 valence electrons. The second kappa shape index (κ2) is 6.03. The fourth-order valence-corrected chi connectivity index (χ4v) is 2.56. The first-order valence-corrected chi connectivity index (χ1v) is 6.84. The van der Waals surface area contributed by atoms with Gasteiger partial charge in [0.1, 0.15) is 6.10 Å². The molecule has 0 aromatic carbocycles. The molecule has 0 bridgehead atoms. The molecule has 1 fully saturated rings. The molecule has 1 heterocycles. The Morgan fingerprint density at radius 1 is 1.44 bits per heavy atom. The van der Waals surface area contributed by atoms with Crippen LogP contribution in [0.15, 0.2) is 6.20 Å². The maximum absolute atomic E-state index is 11.8. The lowest BCUT2D eigenvalue weighted by atomic mass is 9.98. The van der Waals surface area contributed by atoms with E-state index in [2.05, 4.69) is 5.10 Å². The Hall–Kier alpha value is -1.32. The van der Waals surface area contributed by atoms with E-state index >= 15 is 0 Å². The maximum Gasteiger partial charge on any atom is 0.306 e. The molecule has 4 heteroatoms. The van der Waals surface area contributed by atoms with Gasteiger partial charge in [0.15, 0.2) is 0 Å². The zero-order valence-corrected chi connectivity index (χ0v) is 11.3. The van der Waals surface area contributed by atoms with Crippen LogP contribution < -0.4 is 0 Å². The van der Waals surface area contributed by atoms with Crippen LogP contribution in [-0.2, 0) is 23.0 Å². The fraction of sp³-hybridized carbons (Fsp3) is 0.714. The van der Waals surface area contributed by atoms with Gasteiger partial charge in [0, 0.05) is 19.7 Å². The summed E-state index contributed by atoms with van der Waals surface area (Å²) in [4.78, 5) is 11.8. The fourth-order valence-electron chi connectivity index (χ4n) is 2.56. The van der Waals surface area contributed by atoms with Gasteiger partial charge in [0.25, 0.3) is 0 Å². The number of aromatic nitrogens is 2. The van der Waals surface area contributed by atoms with E-state index in [0.717, 1.165) is 30.5 Å². The van der Waals surface area contributed by atoms with Crippen LogP contribution in [0.3, 0.4) is 0 Å². The lowest BCUT2D eigenvalue weighted by molar-refractivity contribution is -0.150. The van der Waals surface area contributed by atoms with Crippen molar-refractivity contribution in [3.63, 3.8) is 0 Å². The van der Waals surface area contributed by atoms with E-state index in [9.17, 15) is 4.79 Å². The van der Waals surface area contributed by atoms with Crippen LogP contribution in [-0.4, -0.2) is 21.9 Å². The minimum absolute atomic E-state index is 0.0647. The van der Waals surface area contributed by atoms with Crippen molar-refractivity contribution in [3.05, 3.63) is 17.5 Å². The third kappa shape index (κ3) is 3.59. The second-order valence-electron chi connectivity index (χ2n) is 5.16. The van der Waals surface area contributed by atoms with Crippen LogP contribution in [0, 0.1) is 6.92 Å². The van der Waals surface area contributed by atoms with Gasteiger partial charge in [-0.15, -0.1) is 0 Å². The van der Waals surface area contributed by atoms with Gasteiger partial charge < -0.3 is 4.74 Å².